The molecule has 1 heterocycles. The van der Waals surface area contributed by atoms with Crippen LogP contribution in [0.15, 0.2) is 30.5 Å². The van der Waals surface area contributed by atoms with Crippen LogP contribution in [0.2, 0.25) is 10.0 Å². The van der Waals surface area contributed by atoms with Gasteiger partial charge in [-0.2, -0.15) is 0 Å². The van der Waals surface area contributed by atoms with Crippen LogP contribution in [-0.2, 0) is 0 Å². The van der Waals surface area contributed by atoms with Crippen molar-refractivity contribution in [3.63, 3.8) is 0 Å². The number of aryl methyl sites for hydroxylation is 1. The summed E-state index contributed by atoms with van der Waals surface area (Å²) in [4.78, 5) is 16.1. The van der Waals surface area contributed by atoms with Gasteiger partial charge < -0.3 is 11.1 Å². The number of para-hydroxylation sites is 1. The molecule has 0 atom stereocenters. The van der Waals surface area contributed by atoms with Crippen LogP contribution in [0, 0.1) is 6.92 Å². The van der Waals surface area contributed by atoms with Crippen molar-refractivity contribution < 1.29 is 4.79 Å². The molecule has 0 radical (unpaired) electrons. The van der Waals surface area contributed by atoms with E-state index in [1.165, 1.54) is 6.20 Å². The normalized spacial score (nSPS) is 10.3. The van der Waals surface area contributed by atoms with E-state index in [4.69, 9.17) is 28.9 Å². The van der Waals surface area contributed by atoms with Gasteiger partial charge in [0.25, 0.3) is 5.91 Å². The van der Waals surface area contributed by atoms with Gasteiger partial charge in [-0.15, -0.1) is 0 Å². The number of nitrogens with two attached hydrogens (primary N) is 1. The van der Waals surface area contributed by atoms with Crippen LogP contribution in [0.25, 0.3) is 0 Å². The molecule has 19 heavy (non-hydrogen) atoms. The lowest BCUT2D eigenvalue weighted by Crippen LogP contribution is -2.15. The van der Waals surface area contributed by atoms with Gasteiger partial charge in [-0.1, -0.05) is 29.3 Å². The minimum absolute atomic E-state index is 0.279. The molecule has 0 unspecified atom stereocenters. The Balaban J connectivity index is 2.31. The predicted octanol–water partition coefficient (Wildman–Crippen LogP) is 3.53. The Morgan fingerprint density at radius 3 is 2.53 bits per heavy atom. The second-order valence-corrected chi connectivity index (χ2v) is 4.78. The Bertz CT molecular complexity index is 624. The number of pyridine rings is 1. The number of nitrogens with one attached hydrogen (secondary N) is 1. The van der Waals surface area contributed by atoms with Crippen LogP contribution in [0.4, 0.5) is 11.4 Å². The van der Waals surface area contributed by atoms with Crippen molar-refractivity contribution in [2.75, 3.05) is 11.1 Å². The van der Waals surface area contributed by atoms with Gasteiger partial charge in [0, 0.05) is 17.6 Å². The van der Waals surface area contributed by atoms with E-state index in [0.29, 0.717) is 21.4 Å². The molecule has 3 N–H and O–H groups in total. The molecule has 0 fully saturated rings. The molecule has 0 saturated heterocycles. The molecule has 6 heteroatoms. The first kappa shape index (κ1) is 13.6. The molecule has 98 valence electrons. The van der Waals surface area contributed by atoms with Crippen LogP contribution < -0.4 is 11.1 Å². The van der Waals surface area contributed by atoms with Crippen molar-refractivity contribution in [2.45, 2.75) is 6.92 Å². The second-order valence-electron chi connectivity index (χ2n) is 3.96. The molecule has 2 rings (SSSR count). The quantitative estimate of drug-likeness (QED) is 0.890. The molecule has 1 aromatic carbocycles. The molecule has 0 saturated carbocycles. The van der Waals surface area contributed by atoms with E-state index in [9.17, 15) is 4.79 Å². The van der Waals surface area contributed by atoms with E-state index >= 15 is 0 Å². The summed E-state index contributed by atoms with van der Waals surface area (Å²) in [6.45, 7) is 1.79. The molecule has 0 aliphatic carbocycles. The highest BCUT2D eigenvalue weighted by Gasteiger charge is 2.14. The number of benzene rings is 1. The molecule has 4 nitrogen and oxygen atoms in total. The fourth-order valence-electron chi connectivity index (χ4n) is 1.57. The molecular formula is C13H11Cl2N3O. The number of halogens is 2. The second kappa shape index (κ2) is 5.47. The maximum atomic E-state index is 12.1. The predicted molar refractivity (Wildman–Crippen MR) is 77.8 cm³/mol. The van der Waals surface area contributed by atoms with E-state index < -0.39 is 5.91 Å². The fourth-order valence-corrected chi connectivity index (χ4v) is 2.06. The molecule has 0 aliphatic heterocycles. The number of rotatable bonds is 2. The molecule has 0 aliphatic rings. The van der Waals surface area contributed by atoms with E-state index in [1.807, 2.05) is 0 Å². The minimum atomic E-state index is -0.403. The van der Waals surface area contributed by atoms with Crippen LogP contribution in [-0.4, -0.2) is 10.9 Å². The number of hydrogen-bond donors (Lipinski definition) is 2. The number of hydrogen-bond acceptors (Lipinski definition) is 3. The summed E-state index contributed by atoms with van der Waals surface area (Å²) in [6, 6.07) is 6.60. The number of aromatic nitrogens is 1. The molecule has 1 aromatic heterocycles. The zero-order valence-electron chi connectivity index (χ0n) is 10.1. The number of nitrogens with zero attached hydrogens (tertiary/aromatic N) is 1. The first-order chi connectivity index (χ1) is 8.99. The van der Waals surface area contributed by atoms with Crippen molar-refractivity contribution in [3.8, 4) is 0 Å². The van der Waals surface area contributed by atoms with E-state index in [2.05, 4.69) is 10.3 Å². The van der Waals surface area contributed by atoms with Crippen molar-refractivity contribution in [1.82, 2.24) is 4.98 Å². The van der Waals surface area contributed by atoms with Gasteiger partial charge in [0.15, 0.2) is 0 Å². The fraction of sp³-hybridized carbons (Fsp3) is 0.0769. The van der Waals surface area contributed by atoms with Gasteiger partial charge in [-0.3, -0.25) is 9.78 Å². The minimum Gasteiger partial charge on any atom is -0.398 e. The zero-order chi connectivity index (χ0) is 14.0. The maximum Gasteiger partial charge on any atom is 0.259 e. The van der Waals surface area contributed by atoms with Crippen LogP contribution >= 0.6 is 23.2 Å². The summed E-state index contributed by atoms with van der Waals surface area (Å²) in [7, 11) is 0. The third-order valence-electron chi connectivity index (χ3n) is 2.52. The number of anilines is 2. The lowest BCUT2D eigenvalue weighted by atomic mass is 10.2. The maximum absolute atomic E-state index is 12.1. The van der Waals surface area contributed by atoms with E-state index in [1.54, 1.807) is 31.2 Å². The van der Waals surface area contributed by atoms with Crippen molar-refractivity contribution in [3.05, 3.63) is 51.8 Å². The van der Waals surface area contributed by atoms with Crippen molar-refractivity contribution >= 4 is 40.5 Å². The van der Waals surface area contributed by atoms with E-state index in [0.717, 1.165) is 5.69 Å². The Morgan fingerprint density at radius 1 is 1.32 bits per heavy atom. The lowest BCUT2D eigenvalue weighted by Gasteiger charge is -2.10. The highest BCUT2D eigenvalue weighted by molar-refractivity contribution is 6.40. The van der Waals surface area contributed by atoms with Gasteiger partial charge in [0.05, 0.1) is 21.3 Å². The number of carbonyl (C=O) groups is 1. The first-order valence-corrected chi connectivity index (χ1v) is 6.22. The standard InChI is InChI=1S/C13H11Cl2N3O/c1-7-5-11(16)8(6-17-7)13(19)18-12-9(14)3-2-4-10(12)15/h2-6H,1H3,(H2,16,17)(H,18,19). The highest BCUT2D eigenvalue weighted by Crippen LogP contribution is 2.30. The van der Waals surface area contributed by atoms with Gasteiger partial charge >= 0.3 is 0 Å². The Hall–Kier alpha value is -1.78. The third kappa shape index (κ3) is 2.97. The first-order valence-electron chi connectivity index (χ1n) is 5.46. The smallest absolute Gasteiger partial charge is 0.259 e. The van der Waals surface area contributed by atoms with Gasteiger partial charge in [-0.05, 0) is 25.1 Å². The Kier molecular flexibility index (Phi) is 3.93. The summed E-state index contributed by atoms with van der Waals surface area (Å²) in [5, 5.41) is 3.35. The van der Waals surface area contributed by atoms with Crippen LogP contribution in [0.3, 0.4) is 0 Å². The van der Waals surface area contributed by atoms with Gasteiger partial charge in [-0.25, -0.2) is 0 Å². The van der Waals surface area contributed by atoms with Crippen LogP contribution in [0.1, 0.15) is 16.1 Å². The summed E-state index contributed by atoms with van der Waals surface area (Å²) in [5.41, 5.74) is 7.52. The summed E-state index contributed by atoms with van der Waals surface area (Å²) in [5.74, 6) is -0.403. The van der Waals surface area contributed by atoms with Crippen molar-refractivity contribution in [1.29, 1.82) is 0 Å². The van der Waals surface area contributed by atoms with Gasteiger partial charge in [0.2, 0.25) is 0 Å². The largest absolute Gasteiger partial charge is 0.398 e. The molecule has 0 bridgehead atoms. The lowest BCUT2D eigenvalue weighted by molar-refractivity contribution is 0.102. The highest BCUT2D eigenvalue weighted by atomic mass is 35.5. The molecule has 2 aromatic rings. The molecular weight excluding hydrogens is 285 g/mol. The number of carbonyl (C=O) groups excluding carboxylic acids is 1. The Morgan fingerprint density at radius 2 is 1.95 bits per heavy atom. The van der Waals surface area contributed by atoms with Crippen molar-refractivity contribution in [2.24, 2.45) is 0 Å². The topological polar surface area (TPSA) is 68.0 Å². The zero-order valence-corrected chi connectivity index (χ0v) is 11.6. The average Bonchev–Trinajstić information content (AvgIpc) is 2.33. The number of nitrogen functional groups attached to an aromatic ring is 1. The summed E-state index contributed by atoms with van der Waals surface area (Å²) in [6.07, 6.45) is 1.42. The van der Waals surface area contributed by atoms with Crippen LogP contribution in [0.5, 0.6) is 0 Å². The third-order valence-corrected chi connectivity index (χ3v) is 3.15. The van der Waals surface area contributed by atoms with Gasteiger partial charge in [0.1, 0.15) is 0 Å². The monoisotopic (exact) mass is 295 g/mol. The average molecular weight is 296 g/mol. The summed E-state index contributed by atoms with van der Waals surface area (Å²) < 4.78 is 0. The van der Waals surface area contributed by atoms with E-state index in [-0.39, 0.29) is 5.56 Å². The number of amides is 1. The molecule has 0 spiro atoms. The summed E-state index contributed by atoms with van der Waals surface area (Å²) >= 11 is 12.0. The Labute approximate surface area is 120 Å². The SMILES string of the molecule is Cc1cc(N)c(C(=O)Nc2c(Cl)cccc2Cl)cn1. The molecule has 1 amide bonds.